The van der Waals surface area contributed by atoms with Crippen LogP contribution in [0, 0.1) is 11.7 Å². The summed E-state index contributed by atoms with van der Waals surface area (Å²) in [5, 5.41) is 10.1. The fourth-order valence-corrected chi connectivity index (χ4v) is 3.60. The molecule has 1 aromatic heterocycles. The molecule has 1 aliphatic rings. The normalized spacial score (nSPS) is 19.0. The number of fused-ring (bicyclic) bond motifs is 1. The van der Waals surface area contributed by atoms with E-state index < -0.39 is 18.3 Å². The molecule has 1 aliphatic heterocycles. The molecule has 2 aromatic rings. The first kappa shape index (κ1) is 18.8. The Bertz CT molecular complexity index is 743. The van der Waals surface area contributed by atoms with Crippen molar-refractivity contribution in [3.63, 3.8) is 0 Å². The summed E-state index contributed by atoms with van der Waals surface area (Å²) in [5.74, 6) is 0.752. The summed E-state index contributed by atoms with van der Waals surface area (Å²) >= 11 is 0. The first-order valence-corrected chi connectivity index (χ1v) is 8.95. The van der Waals surface area contributed by atoms with Gasteiger partial charge in [-0.2, -0.15) is 5.10 Å². The van der Waals surface area contributed by atoms with Crippen molar-refractivity contribution in [2.24, 2.45) is 5.92 Å². The summed E-state index contributed by atoms with van der Waals surface area (Å²) in [6.45, 7) is 4.77. The second-order valence-electron chi connectivity index (χ2n) is 6.92. The van der Waals surface area contributed by atoms with Crippen molar-refractivity contribution in [2.45, 2.75) is 45.3 Å². The average Bonchev–Trinajstić information content (AvgIpc) is 3.04. The van der Waals surface area contributed by atoms with Crippen molar-refractivity contribution in [1.29, 1.82) is 0 Å². The van der Waals surface area contributed by atoms with E-state index in [2.05, 4.69) is 15.5 Å². The van der Waals surface area contributed by atoms with E-state index in [0.717, 1.165) is 12.8 Å². The molecule has 0 amide bonds. The predicted octanol–water partition coefficient (Wildman–Crippen LogP) is 3.88. The smallest absolute Gasteiger partial charge is 0.253 e. The van der Waals surface area contributed by atoms with Gasteiger partial charge in [0.15, 0.2) is 5.82 Å². The maximum Gasteiger partial charge on any atom is 0.253 e. The molecule has 2 N–H and O–H groups in total. The second kappa shape index (κ2) is 7.73. The summed E-state index contributed by atoms with van der Waals surface area (Å²) < 4.78 is 46.0. The van der Waals surface area contributed by atoms with Gasteiger partial charge in [-0.15, -0.1) is 0 Å². The molecule has 1 fully saturated rings. The molecule has 0 bridgehead atoms. The lowest BCUT2D eigenvalue weighted by atomic mass is 9.91. The molecular formula is C18H25F3N4O. The zero-order chi connectivity index (χ0) is 18.8. The number of likely N-dealkylation sites (tertiary alicyclic amines) is 1. The molecule has 0 spiro atoms. The minimum Gasteiger partial charge on any atom is -0.490 e. The third kappa shape index (κ3) is 3.75. The Hall–Kier alpha value is -1.96. The van der Waals surface area contributed by atoms with Crippen molar-refractivity contribution >= 4 is 16.7 Å². The van der Waals surface area contributed by atoms with Gasteiger partial charge in [-0.1, -0.05) is 0 Å². The van der Waals surface area contributed by atoms with Gasteiger partial charge in [0.1, 0.15) is 11.6 Å². The molecule has 2 heterocycles. The number of benzene rings is 1. The molecule has 144 valence electrons. The highest BCUT2D eigenvalue weighted by molar-refractivity contribution is 5.91. The van der Waals surface area contributed by atoms with E-state index in [1.165, 1.54) is 6.07 Å². The van der Waals surface area contributed by atoms with Crippen molar-refractivity contribution in [1.82, 2.24) is 15.1 Å². The molecule has 1 saturated heterocycles. The molecule has 26 heavy (non-hydrogen) atoms. The molecule has 1 aromatic carbocycles. The maximum absolute atomic E-state index is 14.4. The Morgan fingerprint density at radius 1 is 1.27 bits per heavy atom. The number of anilines is 1. The van der Waals surface area contributed by atoms with Gasteiger partial charge in [0, 0.05) is 19.2 Å². The van der Waals surface area contributed by atoms with E-state index in [-0.39, 0.29) is 12.0 Å². The predicted molar refractivity (Wildman–Crippen MR) is 95.5 cm³/mol. The van der Waals surface area contributed by atoms with Crippen LogP contribution in [0.1, 0.15) is 26.7 Å². The van der Waals surface area contributed by atoms with E-state index in [0.29, 0.717) is 35.6 Å². The Morgan fingerprint density at radius 3 is 2.58 bits per heavy atom. The van der Waals surface area contributed by atoms with Crippen LogP contribution in [0.3, 0.4) is 0 Å². The van der Waals surface area contributed by atoms with Crippen LogP contribution in [0.15, 0.2) is 12.1 Å². The second-order valence-corrected chi connectivity index (χ2v) is 6.92. The lowest BCUT2D eigenvalue weighted by Crippen LogP contribution is -2.45. The number of piperidine rings is 1. The van der Waals surface area contributed by atoms with Gasteiger partial charge >= 0.3 is 0 Å². The summed E-state index contributed by atoms with van der Waals surface area (Å²) in [7, 11) is 1.68. The van der Waals surface area contributed by atoms with Crippen LogP contribution in [0.5, 0.6) is 5.75 Å². The summed E-state index contributed by atoms with van der Waals surface area (Å²) in [4.78, 5) is 1.82. The van der Waals surface area contributed by atoms with Gasteiger partial charge in [-0.25, -0.2) is 13.2 Å². The van der Waals surface area contributed by atoms with E-state index in [9.17, 15) is 13.2 Å². The fraction of sp³-hybridized carbons (Fsp3) is 0.611. The van der Waals surface area contributed by atoms with Crippen molar-refractivity contribution in [3.05, 3.63) is 17.9 Å². The van der Waals surface area contributed by atoms with Crippen LogP contribution < -0.4 is 10.1 Å². The number of ether oxygens (including phenoxy) is 1. The zero-order valence-electron chi connectivity index (χ0n) is 15.2. The molecule has 2 unspecified atom stereocenters. The molecule has 0 saturated carbocycles. The Labute approximate surface area is 150 Å². The van der Waals surface area contributed by atoms with Crippen LogP contribution in [0.25, 0.3) is 10.9 Å². The van der Waals surface area contributed by atoms with Crippen molar-refractivity contribution < 1.29 is 17.9 Å². The van der Waals surface area contributed by atoms with Gasteiger partial charge in [0.25, 0.3) is 6.43 Å². The van der Waals surface area contributed by atoms with Gasteiger partial charge < -0.3 is 10.1 Å². The van der Waals surface area contributed by atoms with Crippen LogP contribution in [0.4, 0.5) is 19.0 Å². The van der Waals surface area contributed by atoms with E-state index in [1.807, 2.05) is 11.8 Å². The molecule has 2 atom stereocenters. The summed E-state index contributed by atoms with van der Waals surface area (Å²) in [5.41, 5.74) is 0.567. The number of rotatable bonds is 6. The number of aromatic nitrogens is 2. The minimum atomic E-state index is -2.33. The van der Waals surface area contributed by atoms with Gasteiger partial charge in [-0.05, 0) is 45.7 Å². The first-order chi connectivity index (χ1) is 12.4. The maximum atomic E-state index is 14.4. The van der Waals surface area contributed by atoms with Crippen molar-refractivity contribution in [3.8, 4) is 5.75 Å². The van der Waals surface area contributed by atoms with Crippen LogP contribution in [-0.4, -0.2) is 53.8 Å². The first-order valence-electron chi connectivity index (χ1n) is 8.95. The topological polar surface area (TPSA) is 53.2 Å². The molecule has 0 radical (unpaired) electrons. The Morgan fingerprint density at radius 2 is 1.96 bits per heavy atom. The molecule has 8 heteroatoms. The third-order valence-electron chi connectivity index (χ3n) is 5.33. The average molecular weight is 370 g/mol. The number of nitrogens with one attached hydrogen (secondary N) is 2. The number of halogens is 3. The molecule has 3 rings (SSSR count). The van der Waals surface area contributed by atoms with Crippen LogP contribution in [0.2, 0.25) is 0 Å². The van der Waals surface area contributed by atoms with Crippen LogP contribution in [-0.2, 0) is 0 Å². The number of alkyl halides is 2. The summed E-state index contributed by atoms with van der Waals surface area (Å²) in [6, 6.07) is 2.38. The third-order valence-corrected chi connectivity index (χ3v) is 5.33. The highest BCUT2D eigenvalue weighted by atomic mass is 19.3. The largest absolute Gasteiger partial charge is 0.490 e. The number of H-pyrrole nitrogens is 1. The Balaban J connectivity index is 1.64. The minimum absolute atomic E-state index is 0.123. The monoisotopic (exact) mass is 370 g/mol. The number of hydrogen-bond acceptors (Lipinski definition) is 4. The summed E-state index contributed by atoms with van der Waals surface area (Å²) in [6.07, 6.45) is -0.872. The lowest BCUT2D eigenvalue weighted by Gasteiger charge is -2.37. The lowest BCUT2D eigenvalue weighted by molar-refractivity contribution is 0.00471. The number of hydrogen-bond donors (Lipinski definition) is 2. The van der Waals surface area contributed by atoms with Gasteiger partial charge in [0.2, 0.25) is 0 Å². The van der Waals surface area contributed by atoms with Crippen LogP contribution >= 0.6 is 0 Å². The molecule has 5 nitrogen and oxygen atoms in total. The van der Waals surface area contributed by atoms with E-state index in [1.54, 1.807) is 20.0 Å². The number of nitrogens with zero attached hydrogens (tertiary/aromatic N) is 2. The SMILES string of the molecule is CNc1n[nH]c2cc(OC(C)C3CCN(C(C)C(F)F)CC3)cc(F)c12. The fourth-order valence-electron chi connectivity index (χ4n) is 3.60. The Kier molecular flexibility index (Phi) is 5.60. The number of aromatic amines is 1. The quantitative estimate of drug-likeness (QED) is 0.810. The van der Waals surface area contributed by atoms with Crippen molar-refractivity contribution in [2.75, 3.05) is 25.5 Å². The molecular weight excluding hydrogens is 345 g/mol. The highest BCUT2D eigenvalue weighted by Gasteiger charge is 2.30. The van der Waals surface area contributed by atoms with E-state index >= 15 is 0 Å². The highest BCUT2D eigenvalue weighted by Crippen LogP contribution is 2.31. The van der Waals surface area contributed by atoms with Gasteiger partial charge in [-0.3, -0.25) is 10.00 Å². The zero-order valence-corrected chi connectivity index (χ0v) is 15.2. The molecule has 0 aliphatic carbocycles. The van der Waals surface area contributed by atoms with E-state index in [4.69, 9.17) is 4.74 Å². The van der Waals surface area contributed by atoms with Gasteiger partial charge in [0.05, 0.1) is 23.0 Å². The standard InChI is InChI=1S/C18H25F3N4O/c1-10(17(20)21)25-6-4-12(5-7-25)11(2)26-13-8-14(19)16-15(9-13)23-24-18(16)22-3/h8-12,17H,4-7H2,1-3H3,(H2,22,23,24).